The molecule has 7 nitrogen and oxygen atoms in total. The number of urea groups is 1. The van der Waals surface area contributed by atoms with E-state index in [1.165, 1.54) is 6.26 Å². The Labute approximate surface area is 117 Å². The van der Waals surface area contributed by atoms with Crippen molar-refractivity contribution in [3.8, 4) is 0 Å². The summed E-state index contributed by atoms with van der Waals surface area (Å²) in [6.07, 6.45) is 2.38. The highest BCUT2D eigenvalue weighted by Gasteiger charge is 2.12. The molecule has 0 unspecified atom stereocenters. The first-order valence-corrected chi connectivity index (χ1v) is 6.59. The minimum Gasteiger partial charge on any atom is -0.467 e. The van der Waals surface area contributed by atoms with Gasteiger partial charge in [-0.05, 0) is 25.1 Å². The molecule has 1 rings (SSSR count). The zero-order valence-electron chi connectivity index (χ0n) is 11.6. The fourth-order valence-electron chi connectivity index (χ4n) is 1.72. The van der Waals surface area contributed by atoms with Crippen molar-refractivity contribution < 1.29 is 19.1 Å². The first kappa shape index (κ1) is 16.2. The second-order valence-electron chi connectivity index (χ2n) is 4.31. The van der Waals surface area contributed by atoms with Gasteiger partial charge < -0.3 is 14.8 Å². The minimum absolute atomic E-state index is 0.0159. The summed E-state index contributed by atoms with van der Waals surface area (Å²) in [7, 11) is 0. The van der Waals surface area contributed by atoms with Crippen LogP contribution >= 0.6 is 0 Å². The van der Waals surface area contributed by atoms with Crippen LogP contribution < -0.4 is 10.6 Å². The van der Waals surface area contributed by atoms with Crippen LogP contribution in [-0.4, -0.2) is 48.2 Å². The largest absolute Gasteiger partial charge is 0.467 e. The number of hydrogen-bond acceptors (Lipinski definition) is 5. The summed E-state index contributed by atoms with van der Waals surface area (Å²) in [6.45, 7) is 3.39. The number of amides is 3. The van der Waals surface area contributed by atoms with Gasteiger partial charge in [-0.3, -0.25) is 15.0 Å². The minimum atomic E-state index is -0.563. The smallest absolute Gasteiger partial charge is 0.321 e. The molecule has 20 heavy (non-hydrogen) atoms. The van der Waals surface area contributed by atoms with Gasteiger partial charge in [0.05, 0.1) is 26.0 Å². The fraction of sp³-hybridized carbons (Fsp3) is 0.538. The Morgan fingerprint density at radius 1 is 1.40 bits per heavy atom. The first-order valence-electron chi connectivity index (χ1n) is 6.59. The van der Waals surface area contributed by atoms with Crippen molar-refractivity contribution in [2.24, 2.45) is 0 Å². The van der Waals surface area contributed by atoms with E-state index in [2.05, 4.69) is 10.6 Å². The van der Waals surface area contributed by atoms with Gasteiger partial charge in [0.1, 0.15) is 5.76 Å². The molecule has 1 aromatic heterocycles. The monoisotopic (exact) mass is 283 g/mol. The molecule has 0 saturated carbocycles. The molecular formula is C13H21N3O4. The second kappa shape index (κ2) is 9.11. The highest BCUT2D eigenvalue weighted by atomic mass is 16.3. The van der Waals surface area contributed by atoms with Crippen molar-refractivity contribution in [3.05, 3.63) is 24.2 Å². The molecule has 0 bridgehead atoms. The van der Waals surface area contributed by atoms with Gasteiger partial charge in [-0.2, -0.15) is 0 Å². The topological polar surface area (TPSA) is 94.8 Å². The maximum atomic E-state index is 11.7. The van der Waals surface area contributed by atoms with E-state index in [1.807, 2.05) is 6.92 Å². The summed E-state index contributed by atoms with van der Waals surface area (Å²) >= 11 is 0. The van der Waals surface area contributed by atoms with Crippen LogP contribution in [0.5, 0.6) is 0 Å². The van der Waals surface area contributed by atoms with Gasteiger partial charge in [0, 0.05) is 6.54 Å². The predicted molar refractivity (Wildman–Crippen MR) is 72.9 cm³/mol. The van der Waals surface area contributed by atoms with Crippen molar-refractivity contribution in [2.45, 2.75) is 19.9 Å². The van der Waals surface area contributed by atoms with Crippen LogP contribution in [0.15, 0.2) is 22.8 Å². The summed E-state index contributed by atoms with van der Waals surface area (Å²) < 4.78 is 5.05. The lowest BCUT2D eigenvalue weighted by Gasteiger charge is -2.19. The highest BCUT2D eigenvalue weighted by molar-refractivity contribution is 5.95. The van der Waals surface area contributed by atoms with Crippen molar-refractivity contribution in [1.29, 1.82) is 0 Å². The third-order valence-corrected chi connectivity index (χ3v) is 2.58. The molecule has 0 aliphatic rings. The summed E-state index contributed by atoms with van der Waals surface area (Å²) in [5, 5.41) is 13.6. The molecule has 7 heteroatoms. The molecule has 112 valence electrons. The van der Waals surface area contributed by atoms with E-state index in [1.54, 1.807) is 17.0 Å². The van der Waals surface area contributed by atoms with E-state index < -0.39 is 11.9 Å². The van der Waals surface area contributed by atoms with Crippen LogP contribution in [0.3, 0.4) is 0 Å². The van der Waals surface area contributed by atoms with E-state index in [9.17, 15) is 9.59 Å². The van der Waals surface area contributed by atoms with Crippen molar-refractivity contribution in [1.82, 2.24) is 15.5 Å². The highest BCUT2D eigenvalue weighted by Crippen LogP contribution is 1.98. The number of nitrogens with one attached hydrogen (secondary N) is 2. The third kappa shape index (κ3) is 6.35. The quantitative estimate of drug-likeness (QED) is 0.638. The normalized spacial score (nSPS) is 10.6. The number of aliphatic hydroxyl groups excluding tert-OH is 1. The molecular weight excluding hydrogens is 262 g/mol. The van der Waals surface area contributed by atoms with Gasteiger partial charge in [0.25, 0.3) is 0 Å². The Hall–Kier alpha value is -1.86. The summed E-state index contributed by atoms with van der Waals surface area (Å²) in [5.74, 6) is 0.212. The maximum Gasteiger partial charge on any atom is 0.321 e. The molecule has 1 aromatic rings. The number of imide groups is 1. The first-order chi connectivity index (χ1) is 9.65. The number of carbonyl (C=O) groups is 2. The van der Waals surface area contributed by atoms with E-state index in [0.717, 1.165) is 6.42 Å². The number of rotatable bonds is 8. The van der Waals surface area contributed by atoms with E-state index in [4.69, 9.17) is 9.52 Å². The molecule has 0 aromatic carbocycles. The van der Waals surface area contributed by atoms with E-state index in [-0.39, 0.29) is 19.7 Å². The Morgan fingerprint density at radius 2 is 2.20 bits per heavy atom. The predicted octanol–water partition coefficient (Wildman–Crippen LogP) is 0.310. The molecule has 0 fully saturated rings. The van der Waals surface area contributed by atoms with Crippen LogP contribution in [0.1, 0.15) is 19.1 Å². The molecule has 0 saturated heterocycles. The average molecular weight is 283 g/mol. The Bertz CT molecular complexity index is 400. The van der Waals surface area contributed by atoms with Crippen LogP contribution in [0.4, 0.5) is 4.79 Å². The lowest BCUT2D eigenvalue weighted by Crippen LogP contribution is -2.45. The summed E-state index contributed by atoms with van der Waals surface area (Å²) in [5.41, 5.74) is 0. The zero-order valence-corrected chi connectivity index (χ0v) is 11.6. The Morgan fingerprint density at radius 3 is 2.80 bits per heavy atom. The van der Waals surface area contributed by atoms with Crippen molar-refractivity contribution in [2.75, 3.05) is 26.2 Å². The number of furan rings is 1. The van der Waals surface area contributed by atoms with Gasteiger partial charge in [0.2, 0.25) is 5.91 Å². The fourth-order valence-corrected chi connectivity index (χ4v) is 1.72. The molecule has 0 spiro atoms. The van der Waals surface area contributed by atoms with E-state index in [0.29, 0.717) is 18.8 Å². The number of nitrogens with zero attached hydrogens (tertiary/aromatic N) is 1. The Kier molecular flexibility index (Phi) is 7.38. The SMILES string of the molecule is CCCN(CCO)CC(=O)NC(=O)NCc1ccco1. The van der Waals surface area contributed by atoms with Gasteiger partial charge >= 0.3 is 6.03 Å². The van der Waals surface area contributed by atoms with Gasteiger partial charge in [0.15, 0.2) is 0 Å². The van der Waals surface area contributed by atoms with Gasteiger partial charge in [-0.25, -0.2) is 4.79 Å². The lowest BCUT2D eigenvalue weighted by atomic mass is 10.4. The standard InChI is InChI=1S/C13H21N3O4/c1-2-5-16(6-7-17)10-12(18)15-13(19)14-9-11-4-3-8-20-11/h3-4,8,17H,2,5-7,9-10H2,1H3,(H2,14,15,18,19). The van der Waals surface area contributed by atoms with Crippen LogP contribution in [0.25, 0.3) is 0 Å². The molecule has 0 radical (unpaired) electrons. The summed E-state index contributed by atoms with van der Waals surface area (Å²) in [4.78, 5) is 24.9. The molecule has 0 atom stereocenters. The van der Waals surface area contributed by atoms with E-state index >= 15 is 0 Å². The third-order valence-electron chi connectivity index (χ3n) is 2.58. The molecule has 3 N–H and O–H groups in total. The average Bonchev–Trinajstić information content (AvgIpc) is 2.90. The number of hydrogen-bond donors (Lipinski definition) is 3. The lowest BCUT2D eigenvalue weighted by molar-refractivity contribution is -0.121. The van der Waals surface area contributed by atoms with Crippen LogP contribution in [-0.2, 0) is 11.3 Å². The molecule has 1 heterocycles. The van der Waals surface area contributed by atoms with Crippen LogP contribution in [0, 0.1) is 0 Å². The number of aliphatic hydroxyl groups is 1. The zero-order chi connectivity index (χ0) is 14.8. The molecule has 0 aliphatic heterocycles. The second-order valence-corrected chi connectivity index (χ2v) is 4.31. The molecule has 0 aliphatic carbocycles. The van der Waals surface area contributed by atoms with Gasteiger partial charge in [-0.15, -0.1) is 0 Å². The number of carbonyl (C=O) groups excluding carboxylic acids is 2. The van der Waals surface area contributed by atoms with Gasteiger partial charge in [-0.1, -0.05) is 6.92 Å². The molecule has 3 amide bonds. The Balaban J connectivity index is 2.27. The van der Waals surface area contributed by atoms with Crippen molar-refractivity contribution in [3.63, 3.8) is 0 Å². The van der Waals surface area contributed by atoms with Crippen LogP contribution in [0.2, 0.25) is 0 Å². The van der Waals surface area contributed by atoms with Crippen molar-refractivity contribution >= 4 is 11.9 Å². The maximum absolute atomic E-state index is 11.7. The summed E-state index contributed by atoms with van der Waals surface area (Å²) in [6, 6.07) is 2.89.